The summed E-state index contributed by atoms with van der Waals surface area (Å²) in [7, 11) is 1.86. The van der Waals surface area contributed by atoms with Crippen LogP contribution in [0.4, 0.5) is 0 Å². The van der Waals surface area contributed by atoms with Gasteiger partial charge in [0.15, 0.2) is 0 Å². The summed E-state index contributed by atoms with van der Waals surface area (Å²) in [4.78, 5) is 0. The minimum atomic E-state index is 0.557. The van der Waals surface area contributed by atoms with Crippen molar-refractivity contribution in [3.05, 3.63) is 41.2 Å². The highest BCUT2D eigenvalue weighted by atomic mass is 14.8. The molecule has 0 radical (unpaired) electrons. The highest BCUT2D eigenvalue weighted by Crippen LogP contribution is 2.15. The molecule has 0 saturated heterocycles. The van der Waals surface area contributed by atoms with Gasteiger partial charge in [-0.05, 0) is 11.5 Å². The van der Waals surface area contributed by atoms with E-state index in [1.165, 1.54) is 5.56 Å². The van der Waals surface area contributed by atoms with Gasteiger partial charge in [-0.3, -0.25) is 0 Å². The summed E-state index contributed by atoms with van der Waals surface area (Å²) in [5.74, 6) is 0.557. The van der Waals surface area contributed by atoms with Crippen molar-refractivity contribution in [3.8, 4) is 0 Å². The van der Waals surface area contributed by atoms with Crippen LogP contribution in [0, 0.1) is 0 Å². The van der Waals surface area contributed by atoms with Crippen LogP contribution in [0.25, 0.3) is 5.32 Å². The molecule has 1 nitrogen and oxygen atoms in total. The van der Waals surface area contributed by atoms with Crippen LogP contribution in [0.5, 0.6) is 0 Å². The Balaban J connectivity index is 2.61. The molecule has 60 valence electrons. The normalized spacial score (nSPS) is 12.9. The van der Waals surface area contributed by atoms with E-state index in [1.807, 2.05) is 13.1 Å². The zero-order valence-electron chi connectivity index (χ0n) is 7.12. The molecular weight excluding hydrogens is 134 g/mol. The molecule has 1 atom stereocenters. The molecule has 0 bridgehead atoms. The molecule has 0 spiro atoms. The Kier molecular flexibility index (Phi) is 3.12. The average molecular weight is 148 g/mol. The second kappa shape index (κ2) is 4.14. The minimum Gasteiger partial charge on any atom is -0.665 e. The van der Waals surface area contributed by atoms with Gasteiger partial charge in [0.25, 0.3) is 0 Å². The lowest BCUT2D eigenvalue weighted by atomic mass is 10.0. The van der Waals surface area contributed by atoms with Crippen molar-refractivity contribution in [1.29, 1.82) is 0 Å². The quantitative estimate of drug-likeness (QED) is 0.625. The summed E-state index contributed by atoms with van der Waals surface area (Å²) >= 11 is 0. The third-order valence-electron chi connectivity index (χ3n) is 1.83. The van der Waals surface area contributed by atoms with Crippen molar-refractivity contribution in [2.45, 2.75) is 12.8 Å². The second-order valence-electron chi connectivity index (χ2n) is 2.81. The van der Waals surface area contributed by atoms with Gasteiger partial charge in [0.05, 0.1) is 0 Å². The van der Waals surface area contributed by atoms with Gasteiger partial charge < -0.3 is 5.32 Å². The predicted molar refractivity (Wildman–Crippen MR) is 49.0 cm³/mol. The fraction of sp³-hybridized carbons (Fsp3) is 0.400. The Morgan fingerprint density at radius 1 is 1.27 bits per heavy atom. The fourth-order valence-corrected chi connectivity index (χ4v) is 1.16. The van der Waals surface area contributed by atoms with E-state index in [0.29, 0.717) is 5.92 Å². The van der Waals surface area contributed by atoms with Crippen LogP contribution in [-0.4, -0.2) is 13.6 Å². The van der Waals surface area contributed by atoms with E-state index in [1.54, 1.807) is 0 Å². The molecule has 0 fully saturated rings. The van der Waals surface area contributed by atoms with E-state index in [2.05, 4.69) is 36.5 Å². The average Bonchev–Trinajstić information content (AvgIpc) is 2.07. The largest absolute Gasteiger partial charge is 0.665 e. The van der Waals surface area contributed by atoms with E-state index < -0.39 is 0 Å². The Hall–Kier alpha value is -0.820. The molecule has 0 aliphatic heterocycles. The molecule has 0 heterocycles. The maximum atomic E-state index is 4.11. The molecular formula is C10H14N-. The summed E-state index contributed by atoms with van der Waals surface area (Å²) in [6.45, 7) is 3.12. The third kappa shape index (κ3) is 2.35. The molecule has 0 N–H and O–H groups in total. The van der Waals surface area contributed by atoms with Gasteiger partial charge in [0.2, 0.25) is 0 Å². The summed E-state index contributed by atoms with van der Waals surface area (Å²) in [5, 5.41) is 4.11. The summed E-state index contributed by atoms with van der Waals surface area (Å²) < 4.78 is 0. The zero-order chi connectivity index (χ0) is 8.10. The Morgan fingerprint density at radius 2 is 1.91 bits per heavy atom. The molecule has 0 saturated carbocycles. The van der Waals surface area contributed by atoms with Gasteiger partial charge in [-0.1, -0.05) is 37.3 Å². The van der Waals surface area contributed by atoms with E-state index in [-0.39, 0.29) is 0 Å². The summed E-state index contributed by atoms with van der Waals surface area (Å²) in [6.07, 6.45) is 0. The SMILES string of the molecule is C[N-]CC(C)c1ccccc1. The van der Waals surface area contributed by atoms with Crippen molar-refractivity contribution in [2.24, 2.45) is 0 Å². The van der Waals surface area contributed by atoms with Gasteiger partial charge in [-0.2, -0.15) is 7.05 Å². The number of likely N-dealkylation sites (N-methyl/N-ethyl adjacent to an activating group) is 1. The Labute approximate surface area is 68.4 Å². The zero-order valence-corrected chi connectivity index (χ0v) is 7.12. The van der Waals surface area contributed by atoms with E-state index in [9.17, 15) is 0 Å². The molecule has 1 rings (SSSR count). The lowest BCUT2D eigenvalue weighted by Crippen LogP contribution is -1.97. The van der Waals surface area contributed by atoms with Crippen molar-refractivity contribution >= 4 is 0 Å². The van der Waals surface area contributed by atoms with Crippen LogP contribution in [0.3, 0.4) is 0 Å². The van der Waals surface area contributed by atoms with Crippen LogP contribution >= 0.6 is 0 Å². The number of hydrogen-bond acceptors (Lipinski definition) is 0. The van der Waals surface area contributed by atoms with Crippen LogP contribution in [-0.2, 0) is 0 Å². The Morgan fingerprint density at radius 3 is 2.45 bits per heavy atom. The molecule has 1 aromatic rings. The van der Waals surface area contributed by atoms with E-state index in [0.717, 1.165) is 6.54 Å². The first kappa shape index (κ1) is 8.28. The first-order valence-electron chi connectivity index (χ1n) is 3.95. The lowest BCUT2D eigenvalue weighted by Gasteiger charge is -2.18. The maximum absolute atomic E-state index is 4.11. The van der Waals surface area contributed by atoms with Crippen LogP contribution < -0.4 is 0 Å². The smallest absolute Gasteiger partial charge is 0.0379 e. The lowest BCUT2D eigenvalue weighted by molar-refractivity contribution is 0.818. The van der Waals surface area contributed by atoms with Gasteiger partial charge >= 0.3 is 0 Å². The van der Waals surface area contributed by atoms with Crippen LogP contribution in [0.15, 0.2) is 30.3 Å². The first-order chi connectivity index (χ1) is 5.34. The highest BCUT2D eigenvalue weighted by Gasteiger charge is 1.96. The van der Waals surface area contributed by atoms with E-state index in [4.69, 9.17) is 0 Å². The van der Waals surface area contributed by atoms with Crippen molar-refractivity contribution in [3.63, 3.8) is 0 Å². The monoisotopic (exact) mass is 148 g/mol. The van der Waals surface area contributed by atoms with Crippen LogP contribution in [0.1, 0.15) is 18.4 Å². The Bertz CT molecular complexity index is 193. The van der Waals surface area contributed by atoms with Crippen molar-refractivity contribution in [2.75, 3.05) is 13.6 Å². The first-order valence-corrected chi connectivity index (χ1v) is 3.95. The van der Waals surface area contributed by atoms with Crippen LogP contribution in [0.2, 0.25) is 0 Å². The van der Waals surface area contributed by atoms with Crippen molar-refractivity contribution in [1.82, 2.24) is 0 Å². The van der Waals surface area contributed by atoms with Gasteiger partial charge in [-0.15, -0.1) is 6.54 Å². The molecule has 1 heteroatoms. The van der Waals surface area contributed by atoms with Gasteiger partial charge in [-0.25, -0.2) is 0 Å². The number of hydrogen-bond donors (Lipinski definition) is 0. The highest BCUT2D eigenvalue weighted by molar-refractivity contribution is 5.19. The topological polar surface area (TPSA) is 14.1 Å². The molecule has 11 heavy (non-hydrogen) atoms. The molecule has 0 aliphatic rings. The molecule has 0 aliphatic carbocycles. The minimum absolute atomic E-state index is 0.557. The summed E-state index contributed by atoms with van der Waals surface area (Å²) in [6, 6.07) is 10.5. The third-order valence-corrected chi connectivity index (χ3v) is 1.83. The standard InChI is InChI=1S/C10H14N/c1-9(8-11-2)10-6-4-3-5-7-10/h3-7,9H,8H2,1-2H3/q-1. The molecule has 0 amide bonds. The molecule has 1 unspecified atom stereocenters. The fourth-order valence-electron chi connectivity index (χ4n) is 1.16. The van der Waals surface area contributed by atoms with Gasteiger partial charge in [0, 0.05) is 0 Å². The molecule has 1 aromatic carbocycles. The number of benzene rings is 1. The van der Waals surface area contributed by atoms with Crippen molar-refractivity contribution < 1.29 is 0 Å². The predicted octanol–water partition coefficient (Wildman–Crippen LogP) is 2.79. The second-order valence-corrected chi connectivity index (χ2v) is 2.81. The molecule has 0 aromatic heterocycles. The van der Waals surface area contributed by atoms with Gasteiger partial charge in [0.1, 0.15) is 0 Å². The maximum Gasteiger partial charge on any atom is -0.0379 e. The summed E-state index contributed by atoms with van der Waals surface area (Å²) in [5.41, 5.74) is 1.37. The van der Waals surface area contributed by atoms with E-state index >= 15 is 0 Å². The number of rotatable bonds is 3. The number of nitrogens with zero attached hydrogens (tertiary/aromatic N) is 1.